The first-order valence-electron chi connectivity index (χ1n) is 41.3. The van der Waals surface area contributed by atoms with Gasteiger partial charge in [0.2, 0.25) is 0 Å². The Bertz CT molecular complexity index is 1920. The molecule has 3 N–H and O–H groups in total. The molecule has 0 aromatic rings. The third kappa shape index (κ3) is 74.1. The van der Waals surface area contributed by atoms with Crippen LogP contribution in [0.5, 0.6) is 0 Å². The van der Waals surface area contributed by atoms with E-state index in [1.807, 2.05) is 0 Å². The molecule has 2 unspecified atom stereocenters. The SMILES string of the molecule is CCCCCCCCCCCCCCCCC(=O)O[C@H](COC(=O)CCCCCCCCC(C)C)COP(=O)(O)OC[C@H](O)COP(=O)(O)OC[C@@H](COC(=O)CCCCCCCCCCCCCCCCCC(C)C)OC(=O)CCCCCCCCCCCCCCCCCC(C)C. The van der Waals surface area contributed by atoms with Crippen LogP contribution in [0.1, 0.15) is 414 Å². The molecule has 0 aromatic heterocycles. The lowest BCUT2D eigenvalue weighted by molar-refractivity contribution is -0.161. The first kappa shape index (κ1) is 97.1. The van der Waals surface area contributed by atoms with Crippen LogP contribution in [0.25, 0.3) is 0 Å². The third-order valence-electron chi connectivity index (χ3n) is 18.6. The number of aliphatic hydroxyl groups excluding tert-OH is 1. The van der Waals surface area contributed by atoms with Crippen molar-refractivity contribution < 1.29 is 80.2 Å². The Morgan fingerprint density at radius 3 is 0.687 bits per heavy atom. The summed E-state index contributed by atoms with van der Waals surface area (Å²) in [5.74, 6) is 0.175. The van der Waals surface area contributed by atoms with Crippen molar-refractivity contribution in [2.45, 2.75) is 433 Å². The molecular formula is C80H156O17P2. The minimum absolute atomic E-state index is 0.107. The highest BCUT2D eigenvalue weighted by Crippen LogP contribution is 2.45. The van der Waals surface area contributed by atoms with E-state index in [1.54, 1.807) is 0 Å². The van der Waals surface area contributed by atoms with Crippen LogP contribution in [0, 0.1) is 17.8 Å². The third-order valence-corrected chi connectivity index (χ3v) is 20.5. The fourth-order valence-corrected chi connectivity index (χ4v) is 13.9. The van der Waals surface area contributed by atoms with Gasteiger partial charge in [0.15, 0.2) is 12.2 Å². The molecular weight excluding hydrogens is 1290 g/mol. The second kappa shape index (κ2) is 70.4. The van der Waals surface area contributed by atoms with Gasteiger partial charge in [-0.1, -0.05) is 363 Å². The summed E-state index contributed by atoms with van der Waals surface area (Å²) < 4.78 is 68.6. The number of phosphoric acid groups is 2. The Labute approximate surface area is 607 Å². The molecule has 0 aliphatic heterocycles. The highest BCUT2D eigenvalue weighted by atomic mass is 31.2. The summed E-state index contributed by atoms with van der Waals surface area (Å²) in [6, 6.07) is 0. The largest absolute Gasteiger partial charge is 0.472 e. The van der Waals surface area contributed by atoms with E-state index in [1.165, 1.54) is 218 Å². The predicted molar refractivity (Wildman–Crippen MR) is 405 cm³/mol. The maximum Gasteiger partial charge on any atom is 0.472 e. The second-order valence-corrected chi connectivity index (χ2v) is 33.1. The maximum absolute atomic E-state index is 13.1. The second-order valence-electron chi connectivity index (χ2n) is 30.2. The number of hydrogen-bond donors (Lipinski definition) is 3. The van der Waals surface area contributed by atoms with Gasteiger partial charge in [-0.15, -0.1) is 0 Å². The normalized spacial score (nSPS) is 14.0. The number of esters is 4. The lowest BCUT2D eigenvalue weighted by Gasteiger charge is -2.21. The number of ether oxygens (including phenoxy) is 4. The van der Waals surface area contributed by atoms with Crippen LogP contribution in [0.15, 0.2) is 0 Å². The highest BCUT2D eigenvalue weighted by molar-refractivity contribution is 7.47. The number of phosphoric ester groups is 2. The average molecular weight is 1450 g/mol. The molecule has 588 valence electrons. The van der Waals surface area contributed by atoms with E-state index in [2.05, 4.69) is 48.5 Å². The van der Waals surface area contributed by atoms with E-state index in [4.69, 9.17) is 37.0 Å². The lowest BCUT2D eigenvalue weighted by atomic mass is 10.0. The summed E-state index contributed by atoms with van der Waals surface area (Å²) in [5.41, 5.74) is 0. The van der Waals surface area contributed by atoms with Crippen LogP contribution in [-0.2, 0) is 65.4 Å². The molecule has 0 radical (unpaired) electrons. The summed E-state index contributed by atoms with van der Waals surface area (Å²) >= 11 is 0. The van der Waals surface area contributed by atoms with Gasteiger partial charge in [0.05, 0.1) is 26.4 Å². The van der Waals surface area contributed by atoms with Crippen molar-refractivity contribution in [1.29, 1.82) is 0 Å². The van der Waals surface area contributed by atoms with E-state index in [0.29, 0.717) is 31.6 Å². The molecule has 0 amide bonds. The molecule has 0 aromatic carbocycles. The zero-order valence-electron chi connectivity index (χ0n) is 65.0. The van der Waals surface area contributed by atoms with Crippen LogP contribution < -0.4 is 0 Å². The molecule has 0 saturated heterocycles. The molecule has 0 saturated carbocycles. The van der Waals surface area contributed by atoms with Gasteiger partial charge in [0.25, 0.3) is 0 Å². The van der Waals surface area contributed by atoms with Crippen LogP contribution >= 0.6 is 15.6 Å². The lowest BCUT2D eigenvalue weighted by Crippen LogP contribution is -2.30. The van der Waals surface area contributed by atoms with Gasteiger partial charge in [0.1, 0.15) is 19.3 Å². The van der Waals surface area contributed by atoms with Crippen LogP contribution in [0.2, 0.25) is 0 Å². The number of hydrogen-bond acceptors (Lipinski definition) is 15. The van der Waals surface area contributed by atoms with Crippen LogP contribution in [0.3, 0.4) is 0 Å². The molecule has 0 aliphatic carbocycles. The van der Waals surface area contributed by atoms with Gasteiger partial charge < -0.3 is 33.8 Å². The van der Waals surface area contributed by atoms with Crippen molar-refractivity contribution in [3.8, 4) is 0 Å². The summed E-state index contributed by atoms with van der Waals surface area (Å²) in [7, 11) is -9.92. The van der Waals surface area contributed by atoms with E-state index < -0.39 is 97.5 Å². The van der Waals surface area contributed by atoms with Gasteiger partial charge in [-0.25, -0.2) is 9.13 Å². The van der Waals surface area contributed by atoms with E-state index in [-0.39, 0.29) is 25.7 Å². The minimum atomic E-state index is -4.96. The van der Waals surface area contributed by atoms with Crippen molar-refractivity contribution in [2.24, 2.45) is 17.8 Å². The zero-order chi connectivity index (χ0) is 73.0. The number of aliphatic hydroxyl groups is 1. The standard InChI is InChI=1S/C80H156O17P2/c1-8-9-10-11-12-13-14-15-24-30-35-40-49-56-63-80(85)97-76(68-91-78(83)62-55-48-43-42-46-53-60-73(6)7)70-95-99(88,89)93-66-74(81)65-92-98(86,87)94-69-75(96-79(84)64-57-50-41-36-31-26-21-17-19-23-28-33-38-45-52-59-72(4)5)67-90-77(82)61-54-47-39-34-29-25-20-16-18-22-27-32-37-44-51-58-71(2)3/h71-76,81H,8-70H2,1-7H3,(H,86,87)(H,88,89)/t74-,75-,76-/m1/s1. The average Bonchev–Trinajstić information content (AvgIpc) is 1.07. The van der Waals surface area contributed by atoms with Crippen molar-refractivity contribution >= 4 is 39.5 Å². The molecule has 0 heterocycles. The van der Waals surface area contributed by atoms with Crippen molar-refractivity contribution in [3.05, 3.63) is 0 Å². The number of unbranched alkanes of at least 4 members (excludes halogenated alkanes) is 46. The molecule has 0 aliphatic rings. The van der Waals surface area contributed by atoms with E-state index in [9.17, 15) is 43.2 Å². The summed E-state index contributed by atoms with van der Waals surface area (Å²) in [6.07, 6.45) is 58.4. The van der Waals surface area contributed by atoms with Crippen molar-refractivity contribution in [2.75, 3.05) is 39.6 Å². The van der Waals surface area contributed by atoms with Gasteiger partial charge in [-0.2, -0.15) is 0 Å². The van der Waals surface area contributed by atoms with Gasteiger partial charge in [-0.3, -0.25) is 37.3 Å². The molecule has 99 heavy (non-hydrogen) atoms. The van der Waals surface area contributed by atoms with Crippen LogP contribution in [-0.4, -0.2) is 96.7 Å². The molecule has 5 atom stereocenters. The summed E-state index contributed by atoms with van der Waals surface area (Å²) in [5, 5.41) is 10.6. The van der Waals surface area contributed by atoms with E-state index in [0.717, 1.165) is 108 Å². The molecule has 19 heteroatoms. The fourth-order valence-electron chi connectivity index (χ4n) is 12.3. The Morgan fingerprint density at radius 2 is 0.465 bits per heavy atom. The molecule has 0 rings (SSSR count). The molecule has 17 nitrogen and oxygen atoms in total. The Kier molecular flexibility index (Phi) is 69.0. The first-order chi connectivity index (χ1) is 47.7. The predicted octanol–water partition coefficient (Wildman–Crippen LogP) is 23.7. The molecule has 0 bridgehead atoms. The quantitative estimate of drug-likeness (QED) is 0.0222. The fraction of sp³-hybridized carbons (Fsp3) is 0.950. The van der Waals surface area contributed by atoms with Gasteiger partial charge in [0, 0.05) is 25.7 Å². The monoisotopic (exact) mass is 1450 g/mol. The Hall–Kier alpha value is -1.94. The number of carbonyl (C=O) groups is 4. The highest BCUT2D eigenvalue weighted by Gasteiger charge is 2.30. The minimum Gasteiger partial charge on any atom is -0.462 e. The smallest absolute Gasteiger partial charge is 0.462 e. The van der Waals surface area contributed by atoms with Crippen LogP contribution in [0.4, 0.5) is 0 Å². The Morgan fingerprint density at radius 1 is 0.273 bits per heavy atom. The molecule has 0 spiro atoms. The van der Waals surface area contributed by atoms with Gasteiger partial charge in [-0.05, 0) is 43.4 Å². The zero-order valence-corrected chi connectivity index (χ0v) is 66.8. The van der Waals surface area contributed by atoms with E-state index >= 15 is 0 Å². The molecule has 0 fully saturated rings. The topological polar surface area (TPSA) is 237 Å². The Balaban J connectivity index is 5.23. The number of carbonyl (C=O) groups excluding carboxylic acids is 4. The number of rotatable bonds is 78. The summed E-state index contributed by atoms with van der Waals surface area (Å²) in [6.45, 7) is 11.9. The maximum atomic E-state index is 13.1. The van der Waals surface area contributed by atoms with Crippen molar-refractivity contribution in [3.63, 3.8) is 0 Å². The van der Waals surface area contributed by atoms with Crippen molar-refractivity contribution in [1.82, 2.24) is 0 Å². The van der Waals surface area contributed by atoms with Gasteiger partial charge >= 0.3 is 39.5 Å². The first-order valence-corrected chi connectivity index (χ1v) is 44.3. The summed E-state index contributed by atoms with van der Waals surface area (Å²) in [4.78, 5) is 72.9.